The highest BCUT2D eigenvalue weighted by atomic mass is 15.0. The molecule has 7 aromatic rings. The summed E-state index contributed by atoms with van der Waals surface area (Å²) < 4.78 is 4.82. The van der Waals surface area contributed by atoms with Gasteiger partial charge in [0.2, 0.25) is 0 Å². The molecule has 0 aliphatic carbocycles. The van der Waals surface area contributed by atoms with Crippen LogP contribution in [0.1, 0.15) is 11.1 Å². The quantitative estimate of drug-likeness (QED) is 0.257. The van der Waals surface area contributed by atoms with Crippen molar-refractivity contribution in [3.05, 3.63) is 120 Å². The van der Waals surface area contributed by atoms with E-state index in [1.807, 2.05) is 0 Å². The van der Waals surface area contributed by atoms with Gasteiger partial charge in [-0.3, -0.25) is 0 Å². The van der Waals surface area contributed by atoms with E-state index in [0.29, 0.717) is 0 Å². The van der Waals surface area contributed by atoms with Gasteiger partial charge < -0.3 is 9.13 Å². The highest BCUT2D eigenvalue weighted by Gasteiger charge is 2.18. The molecule has 2 heteroatoms. The summed E-state index contributed by atoms with van der Waals surface area (Å²) in [7, 11) is 0. The van der Waals surface area contributed by atoms with Crippen LogP contribution in [-0.2, 0) is 0 Å². The first-order valence-electron chi connectivity index (χ1n) is 11.8. The zero-order valence-electron chi connectivity index (χ0n) is 19.3. The van der Waals surface area contributed by atoms with Crippen LogP contribution in [0.3, 0.4) is 0 Å². The smallest absolute Gasteiger partial charge is 0.0562 e. The Balaban J connectivity index is 1.69. The van der Waals surface area contributed by atoms with Gasteiger partial charge in [-0.05, 0) is 73.5 Å². The number of fused-ring (bicyclic) bond motifs is 6. The van der Waals surface area contributed by atoms with E-state index in [0.717, 1.165) is 0 Å². The fraction of sp³-hybridized carbons (Fsp3) is 0.0625. The zero-order chi connectivity index (χ0) is 22.8. The van der Waals surface area contributed by atoms with E-state index in [9.17, 15) is 0 Å². The van der Waals surface area contributed by atoms with E-state index in [2.05, 4.69) is 132 Å². The van der Waals surface area contributed by atoms with Crippen LogP contribution < -0.4 is 0 Å². The first-order valence-corrected chi connectivity index (χ1v) is 11.8. The largest absolute Gasteiger partial charge is 0.309 e. The molecule has 0 N–H and O–H groups in total. The first-order chi connectivity index (χ1) is 16.7. The fourth-order valence-electron chi connectivity index (χ4n) is 5.52. The summed E-state index contributed by atoms with van der Waals surface area (Å²) in [6, 6.07) is 39.9. The summed E-state index contributed by atoms with van der Waals surface area (Å²) in [6.45, 7) is 4.32. The Bertz CT molecular complexity index is 1750. The van der Waals surface area contributed by atoms with E-state index >= 15 is 0 Å². The molecule has 2 nitrogen and oxygen atoms in total. The van der Waals surface area contributed by atoms with Crippen molar-refractivity contribution in [1.82, 2.24) is 9.13 Å². The number of rotatable bonds is 2. The second-order valence-corrected chi connectivity index (χ2v) is 9.27. The van der Waals surface area contributed by atoms with Gasteiger partial charge in [0.1, 0.15) is 0 Å². The Morgan fingerprint density at radius 2 is 0.853 bits per heavy atom. The molecule has 0 saturated heterocycles. The first kappa shape index (κ1) is 19.2. The van der Waals surface area contributed by atoms with Crippen molar-refractivity contribution in [3.8, 4) is 11.4 Å². The lowest BCUT2D eigenvalue weighted by Gasteiger charge is -2.11. The molecule has 34 heavy (non-hydrogen) atoms. The van der Waals surface area contributed by atoms with E-state index < -0.39 is 0 Å². The molecule has 0 aliphatic heterocycles. The van der Waals surface area contributed by atoms with Crippen LogP contribution in [0.15, 0.2) is 109 Å². The molecule has 0 aliphatic rings. The van der Waals surface area contributed by atoms with Crippen molar-refractivity contribution < 1.29 is 0 Å². The summed E-state index contributed by atoms with van der Waals surface area (Å²) >= 11 is 0. The van der Waals surface area contributed by atoms with Crippen LogP contribution in [0.25, 0.3) is 55.0 Å². The van der Waals surface area contributed by atoms with Crippen molar-refractivity contribution >= 4 is 43.6 Å². The highest BCUT2D eigenvalue weighted by Crippen LogP contribution is 2.39. The number of aromatic nitrogens is 2. The maximum Gasteiger partial charge on any atom is 0.0562 e. The SMILES string of the molecule is Cc1cccc(-n2c3ccccc3c3cc4c5ccccc5n(-c5cccc(C)c5)c4cc32)c1. The van der Waals surface area contributed by atoms with Gasteiger partial charge in [-0.25, -0.2) is 0 Å². The second kappa shape index (κ2) is 7.10. The zero-order valence-corrected chi connectivity index (χ0v) is 19.3. The minimum atomic E-state index is 1.20. The minimum Gasteiger partial charge on any atom is -0.309 e. The van der Waals surface area contributed by atoms with Gasteiger partial charge in [0, 0.05) is 32.9 Å². The molecule has 0 bridgehead atoms. The molecule has 0 radical (unpaired) electrons. The molecule has 2 heterocycles. The monoisotopic (exact) mass is 436 g/mol. The minimum absolute atomic E-state index is 1.20. The lowest BCUT2D eigenvalue weighted by Crippen LogP contribution is -1.96. The molecule has 0 amide bonds. The highest BCUT2D eigenvalue weighted by molar-refractivity contribution is 6.19. The van der Waals surface area contributed by atoms with Crippen LogP contribution in [0, 0.1) is 13.8 Å². The van der Waals surface area contributed by atoms with Crippen molar-refractivity contribution in [3.63, 3.8) is 0 Å². The van der Waals surface area contributed by atoms with Gasteiger partial charge in [-0.2, -0.15) is 0 Å². The molecule has 0 saturated carbocycles. The van der Waals surface area contributed by atoms with Crippen LogP contribution in [0.2, 0.25) is 0 Å². The average Bonchev–Trinajstić information content (AvgIpc) is 3.35. The molecule has 5 aromatic carbocycles. The Morgan fingerprint density at radius 3 is 1.32 bits per heavy atom. The molecule has 0 spiro atoms. The predicted octanol–water partition coefficient (Wildman–Crippen LogP) is 8.50. The number of hydrogen-bond acceptors (Lipinski definition) is 0. The van der Waals surface area contributed by atoms with Gasteiger partial charge in [-0.15, -0.1) is 0 Å². The van der Waals surface area contributed by atoms with Crippen molar-refractivity contribution in [2.24, 2.45) is 0 Å². The van der Waals surface area contributed by atoms with E-state index in [1.165, 1.54) is 66.1 Å². The average molecular weight is 437 g/mol. The summed E-state index contributed by atoms with van der Waals surface area (Å²) in [5.74, 6) is 0. The third-order valence-electron chi connectivity index (χ3n) is 6.99. The topological polar surface area (TPSA) is 9.86 Å². The molecule has 7 rings (SSSR count). The molecule has 162 valence electrons. The maximum atomic E-state index is 2.41. The summed E-state index contributed by atoms with van der Waals surface area (Å²) in [6.07, 6.45) is 0. The van der Waals surface area contributed by atoms with Crippen molar-refractivity contribution in [1.29, 1.82) is 0 Å². The second-order valence-electron chi connectivity index (χ2n) is 9.27. The Morgan fingerprint density at radius 1 is 0.382 bits per heavy atom. The maximum absolute atomic E-state index is 2.41. The molecular formula is C32H24N2. The molecule has 2 aromatic heterocycles. The molecular weight excluding hydrogens is 412 g/mol. The summed E-state index contributed by atoms with van der Waals surface area (Å²) in [5, 5.41) is 5.15. The van der Waals surface area contributed by atoms with Gasteiger partial charge in [0.15, 0.2) is 0 Å². The van der Waals surface area contributed by atoms with Crippen molar-refractivity contribution in [2.45, 2.75) is 13.8 Å². The Labute approximate surface area is 198 Å². The summed E-state index contributed by atoms with van der Waals surface area (Å²) in [4.78, 5) is 0. The fourth-order valence-corrected chi connectivity index (χ4v) is 5.52. The molecule has 0 fully saturated rings. The van der Waals surface area contributed by atoms with Gasteiger partial charge >= 0.3 is 0 Å². The molecule has 0 unspecified atom stereocenters. The number of aryl methyl sites for hydroxylation is 2. The van der Waals surface area contributed by atoms with Crippen LogP contribution >= 0.6 is 0 Å². The number of para-hydroxylation sites is 2. The number of nitrogens with zero attached hydrogens (tertiary/aromatic N) is 2. The number of hydrogen-bond donors (Lipinski definition) is 0. The van der Waals surface area contributed by atoms with Crippen molar-refractivity contribution in [2.75, 3.05) is 0 Å². The normalized spacial score (nSPS) is 11.8. The predicted molar refractivity (Wildman–Crippen MR) is 145 cm³/mol. The van der Waals surface area contributed by atoms with Gasteiger partial charge in [-0.1, -0.05) is 60.7 Å². The van der Waals surface area contributed by atoms with Gasteiger partial charge in [0.25, 0.3) is 0 Å². The lowest BCUT2D eigenvalue weighted by atomic mass is 10.1. The number of benzene rings is 5. The van der Waals surface area contributed by atoms with Crippen LogP contribution in [-0.4, -0.2) is 9.13 Å². The standard InChI is InChI=1S/C32H24N2/c1-21-9-7-11-23(17-21)33-29-15-5-3-13-25(29)27-19-28-26-14-4-6-16-30(26)34(32(28)20-31(27)33)24-12-8-10-22(2)18-24/h3-20H,1-2H3. The third kappa shape index (κ3) is 2.69. The van der Waals surface area contributed by atoms with Gasteiger partial charge in [0.05, 0.1) is 22.1 Å². The lowest BCUT2D eigenvalue weighted by molar-refractivity contribution is 1.16. The molecule has 0 atom stereocenters. The van der Waals surface area contributed by atoms with E-state index in [1.54, 1.807) is 0 Å². The Kier molecular flexibility index (Phi) is 4.01. The van der Waals surface area contributed by atoms with E-state index in [4.69, 9.17) is 0 Å². The van der Waals surface area contributed by atoms with Crippen LogP contribution in [0.4, 0.5) is 0 Å². The Hall–Kier alpha value is -4.30. The van der Waals surface area contributed by atoms with Crippen LogP contribution in [0.5, 0.6) is 0 Å². The third-order valence-corrected chi connectivity index (χ3v) is 6.99. The van der Waals surface area contributed by atoms with E-state index in [-0.39, 0.29) is 0 Å². The summed E-state index contributed by atoms with van der Waals surface area (Å²) in [5.41, 5.74) is 9.86.